The lowest BCUT2D eigenvalue weighted by Crippen LogP contribution is -2.28. The molecule has 0 radical (unpaired) electrons. The molecule has 2 heteroatoms. The van der Waals surface area contributed by atoms with Crippen LogP contribution in [0.25, 0.3) is 78.4 Å². The summed E-state index contributed by atoms with van der Waals surface area (Å²) in [6, 6.07) is 62.4. The molecule has 2 N–H and O–H groups in total. The van der Waals surface area contributed by atoms with E-state index in [1.165, 1.54) is 98.9 Å². The van der Waals surface area contributed by atoms with E-state index >= 15 is 0 Å². The van der Waals surface area contributed by atoms with Crippen molar-refractivity contribution in [1.29, 1.82) is 0 Å². The molecule has 2 aliphatic rings. The Labute approximate surface area is 305 Å². The SMILES string of the molecule is c1ccc(-c2ccc(-c3cccc(-c4ccc5c(c4)C4(CCCCC4)c4cc(-c6cccc(-c7ccc(-c8ccccc8)[nH]7)c6)ccc4-5)c3)[nH]2)cc1. The quantitative estimate of drug-likeness (QED) is 0.177. The number of nitrogens with one attached hydrogen (secondary N) is 2. The smallest absolute Gasteiger partial charge is 0.0458 e. The minimum Gasteiger partial charge on any atom is -0.355 e. The van der Waals surface area contributed by atoms with Gasteiger partial charge in [-0.05, 0) is 128 Å². The Hall–Kier alpha value is -6.12. The van der Waals surface area contributed by atoms with Crippen LogP contribution in [-0.2, 0) is 5.41 Å². The highest BCUT2D eigenvalue weighted by atomic mass is 14.7. The molecule has 0 atom stereocenters. The molecule has 1 fully saturated rings. The van der Waals surface area contributed by atoms with Crippen molar-refractivity contribution in [2.75, 3.05) is 0 Å². The molecule has 0 amide bonds. The molecule has 2 aliphatic carbocycles. The van der Waals surface area contributed by atoms with E-state index < -0.39 is 0 Å². The molecule has 8 aromatic rings. The summed E-state index contributed by atoms with van der Waals surface area (Å²) in [5, 5.41) is 0. The fourth-order valence-electron chi connectivity index (χ4n) is 8.98. The van der Waals surface area contributed by atoms with Crippen LogP contribution in [-0.4, -0.2) is 9.97 Å². The van der Waals surface area contributed by atoms with Crippen molar-refractivity contribution in [3.05, 3.63) is 181 Å². The molecule has 0 aliphatic heterocycles. The van der Waals surface area contributed by atoms with E-state index in [4.69, 9.17) is 0 Å². The molecule has 0 unspecified atom stereocenters. The highest BCUT2D eigenvalue weighted by Gasteiger charge is 2.44. The Kier molecular flexibility index (Phi) is 7.42. The highest BCUT2D eigenvalue weighted by Crippen LogP contribution is 2.57. The maximum absolute atomic E-state index is 3.66. The molecule has 52 heavy (non-hydrogen) atoms. The molecule has 0 bridgehead atoms. The number of hydrogen-bond donors (Lipinski definition) is 2. The summed E-state index contributed by atoms with van der Waals surface area (Å²) < 4.78 is 0. The summed E-state index contributed by atoms with van der Waals surface area (Å²) in [4.78, 5) is 7.32. The zero-order chi connectivity index (χ0) is 34.5. The van der Waals surface area contributed by atoms with E-state index in [-0.39, 0.29) is 5.41 Å². The number of benzene rings is 6. The Bertz CT molecular complexity index is 2370. The fourth-order valence-corrected chi connectivity index (χ4v) is 8.98. The fraction of sp³-hybridized carbons (Fsp3) is 0.120. The number of H-pyrrole nitrogens is 2. The van der Waals surface area contributed by atoms with Gasteiger partial charge < -0.3 is 9.97 Å². The number of rotatable bonds is 6. The van der Waals surface area contributed by atoms with Gasteiger partial charge >= 0.3 is 0 Å². The topological polar surface area (TPSA) is 31.6 Å². The van der Waals surface area contributed by atoms with Gasteiger partial charge in [-0.25, -0.2) is 0 Å². The van der Waals surface area contributed by atoms with E-state index in [1.54, 1.807) is 0 Å². The summed E-state index contributed by atoms with van der Waals surface area (Å²) in [6.07, 6.45) is 6.26. The van der Waals surface area contributed by atoms with Gasteiger partial charge in [0, 0.05) is 28.2 Å². The molecular formula is C50H40N2. The van der Waals surface area contributed by atoms with Gasteiger partial charge in [0.25, 0.3) is 0 Å². The van der Waals surface area contributed by atoms with Crippen LogP contribution in [0.4, 0.5) is 0 Å². The normalized spacial score (nSPS) is 14.3. The monoisotopic (exact) mass is 668 g/mol. The molecule has 2 nitrogen and oxygen atoms in total. The zero-order valence-electron chi connectivity index (χ0n) is 29.2. The van der Waals surface area contributed by atoms with Gasteiger partial charge in [-0.15, -0.1) is 0 Å². The number of hydrogen-bond acceptors (Lipinski definition) is 0. The maximum Gasteiger partial charge on any atom is 0.0458 e. The Morgan fingerprint density at radius 1 is 0.308 bits per heavy atom. The van der Waals surface area contributed by atoms with Gasteiger partial charge in [-0.1, -0.05) is 141 Å². The number of fused-ring (bicyclic) bond motifs is 5. The van der Waals surface area contributed by atoms with E-state index in [1.807, 2.05) is 0 Å². The average molecular weight is 669 g/mol. The number of aromatic amines is 2. The first-order chi connectivity index (χ1) is 25.7. The second kappa shape index (κ2) is 12.6. The van der Waals surface area contributed by atoms with Gasteiger partial charge in [-0.3, -0.25) is 0 Å². The van der Waals surface area contributed by atoms with Crippen LogP contribution in [0.2, 0.25) is 0 Å². The van der Waals surface area contributed by atoms with E-state index in [0.717, 1.165) is 22.8 Å². The van der Waals surface area contributed by atoms with Crippen LogP contribution < -0.4 is 0 Å². The molecule has 0 saturated heterocycles. The molecule has 1 saturated carbocycles. The van der Waals surface area contributed by atoms with Crippen molar-refractivity contribution in [1.82, 2.24) is 9.97 Å². The van der Waals surface area contributed by atoms with Crippen LogP contribution in [0, 0.1) is 0 Å². The third kappa shape index (κ3) is 5.26. The summed E-state index contributed by atoms with van der Waals surface area (Å²) in [5.41, 5.74) is 20.4. The minimum atomic E-state index is 0.0538. The average Bonchev–Trinajstić information content (AvgIpc) is 3.98. The third-order valence-corrected chi connectivity index (χ3v) is 11.6. The van der Waals surface area contributed by atoms with Crippen molar-refractivity contribution in [3.63, 3.8) is 0 Å². The van der Waals surface area contributed by atoms with Crippen molar-refractivity contribution >= 4 is 0 Å². The summed E-state index contributed by atoms with van der Waals surface area (Å²) in [6.45, 7) is 0. The van der Waals surface area contributed by atoms with E-state index in [0.29, 0.717) is 0 Å². The largest absolute Gasteiger partial charge is 0.355 e. The maximum atomic E-state index is 3.66. The van der Waals surface area contributed by atoms with Crippen LogP contribution in [0.5, 0.6) is 0 Å². The van der Waals surface area contributed by atoms with E-state index in [9.17, 15) is 0 Å². The van der Waals surface area contributed by atoms with Crippen LogP contribution >= 0.6 is 0 Å². The number of aromatic nitrogens is 2. The zero-order valence-corrected chi connectivity index (χ0v) is 29.2. The second-order valence-electron chi connectivity index (χ2n) is 14.6. The molecule has 1 spiro atoms. The highest BCUT2D eigenvalue weighted by molar-refractivity contribution is 5.87. The van der Waals surface area contributed by atoms with Gasteiger partial charge in [0.1, 0.15) is 0 Å². The molecule has 10 rings (SSSR count). The van der Waals surface area contributed by atoms with Gasteiger partial charge in [0.2, 0.25) is 0 Å². The van der Waals surface area contributed by atoms with Gasteiger partial charge in [-0.2, -0.15) is 0 Å². The molecule has 2 heterocycles. The summed E-state index contributed by atoms with van der Waals surface area (Å²) in [5.74, 6) is 0. The van der Waals surface area contributed by atoms with E-state index in [2.05, 4.69) is 180 Å². The van der Waals surface area contributed by atoms with Crippen molar-refractivity contribution in [2.24, 2.45) is 0 Å². The minimum absolute atomic E-state index is 0.0538. The molecule has 250 valence electrons. The summed E-state index contributed by atoms with van der Waals surface area (Å²) in [7, 11) is 0. The molecule has 6 aromatic carbocycles. The lowest BCUT2D eigenvalue weighted by Gasteiger charge is -2.36. The predicted octanol–water partition coefficient (Wildman–Crippen LogP) is 13.6. The van der Waals surface area contributed by atoms with Crippen LogP contribution in [0.15, 0.2) is 170 Å². The predicted molar refractivity (Wildman–Crippen MR) is 217 cm³/mol. The van der Waals surface area contributed by atoms with Crippen LogP contribution in [0.3, 0.4) is 0 Å². The van der Waals surface area contributed by atoms with Crippen molar-refractivity contribution in [2.45, 2.75) is 37.5 Å². The third-order valence-electron chi connectivity index (χ3n) is 11.6. The second-order valence-corrected chi connectivity index (χ2v) is 14.6. The summed E-state index contributed by atoms with van der Waals surface area (Å²) >= 11 is 0. The Morgan fingerprint density at radius 2 is 0.692 bits per heavy atom. The lowest BCUT2D eigenvalue weighted by molar-refractivity contribution is 0.353. The Balaban J connectivity index is 0.994. The standard InChI is InChI=1S/C50H40N2/c1-4-12-34(13-5-1)46-24-26-48(51-46)40-18-10-16-36(30-40)38-20-22-42-43-23-21-39(33-45(43)50(44(42)32-38)28-8-3-9-29-50)37-17-11-19-41(31-37)49-27-25-47(52-49)35-14-6-2-7-15-35/h1-2,4-7,10-27,30-33,51-52H,3,8-9,28-29H2. The first kappa shape index (κ1) is 30.7. The molecular weight excluding hydrogens is 629 g/mol. The van der Waals surface area contributed by atoms with Crippen LogP contribution in [0.1, 0.15) is 43.2 Å². The first-order valence-electron chi connectivity index (χ1n) is 18.7. The van der Waals surface area contributed by atoms with Crippen molar-refractivity contribution in [3.8, 4) is 78.4 Å². The Morgan fingerprint density at radius 3 is 1.15 bits per heavy atom. The lowest BCUT2D eigenvalue weighted by atomic mass is 9.67. The van der Waals surface area contributed by atoms with Gasteiger partial charge in [0.15, 0.2) is 0 Å². The van der Waals surface area contributed by atoms with Gasteiger partial charge in [0.05, 0.1) is 0 Å². The first-order valence-corrected chi connectivity index (χ1v) is 18.7. The van der Waals surface area contributed by atoms with Crippen molar-refractivity contribution < 1.29 is 0 Å². The molecule has 2 aromatic heterocycles.